The molecule has 8 heavy (non-hydrogen) atoms. The van der Waals surface area contributed by atoms with Crippen molar-refractivity contribution in [2.75, 3.05) is 13.2 Å². The monoisotopic (exact) mass is 121 g/mol. The minimum absolute atomic E-state index is 0.0903. The highest BCUT2D eigenvalue weighted by Gasteiger charge is 2.31. The summed E-state index contributed by atoms with van der Waals surface area (Å²) in [6.45, 7) is 0.274. The second-order valence-electron chi connectivity index (χ2n) is 1.79. The van der Waals surface area contributed by atoms with Crippen LogP contribution in [0.25, 0.3) is 0 Å². The van der Waals surface area contributed by atoms with Gasteiger partial charge in [0.2, 0.25) is 0 Å². The van der Waals surface area contributed by atoms with Gasteiger partial charge in [-0.3, -0.25) is 0 Å². The summed E-state index contributed by atoms with van der Waals surface area (Å²) in [5, 5.41) is 0. The van der Waals surface area contributed by atoms with E-state index in [1.807, 2.05) is 0 Å². The zero-order valence-corrected chi connectivity index (χ0v) is 4.36. The van der Waals surface area contributed by atoms with Crippen molar-refractivity contribution in [3.8, 4) is 0 Å². The maximum Gasteiger partial charge on any atom is 0.255 e. The average molecular weight is 121 g/mol. The fraction of sp³-hybridized carbons (Fsp3) is 0.800. The molecule has 0 aliphatic carbocycles. The Balaban J connectivity index is 2.33. The Hall–Kier alpha value is -0.180. The molecular formula is C5H7F2O. The zero-order chi connectivity index (χ0) is 6.04. The highest BCUT2D eigenvalue weighted by Crippen LogP contribution is 2.24. The van der Waals surface area contributed by atoms with Gasteiger partial charge in [-0.05, 0) is 0 Å². The quantitative estimate of drug-likeness (QED) is 0.468. The Morgan fingerprint density at radius 1 is 1.50 bits per heavy atom. The second kappa shape index (κ2) is 1.97. The predicted molar refractivity (Wildman–Crippen MR) is 24.7 cm³/mol. The first kappa shape index (κ1) is 5.95. The molecule has 0 spiro atoms. The summed E-state index contributed by atoms with van der Waals surface area (Å²) in [4.78, 5) is 0. The average Bonchev–Trinajstić information content (AvgIpc) is 1.65. The third-order valence-electron chi connectivity index (χ3n) is 1.08. The predicted octanol–water partition coefficient (Wildman–Crippen LogP) is 1.25. The lowest BCUT2D eigenvalue weighted by Crippen LogP contribution is -2.27. The molecule has 1 heterocycles. The molecule has 0 unspecified atom stereocenters. The number of alkyl halides is 2. The van der Waals surface area contributed by atoms with Crippen molar-refractivity contribution in [2.45, 2.75) is 12.3 Å². The topological polar surface area (TPSA) is 9.23 Å². The first-order valence-electron chi connectivity index (χ1n) is 2.51. The van der Waals surface area contributed by atoms with Crippen LogP contribution in [0.4, 0.5) is 8.78 Å². The van der Waals surface area contributed by atoms with Gasteiger partial charge in [0.25, 0.3) is 5.92 Å². The standard InChI is InChI=1S/C5H7F2O/c6-5(7)1-3-8-4-2-5/h1H,2-4H2. The summed E-state index contributed by atoms with van der Waals surface area (Å²) in [6, 6.07) is 0. The third-order valence-corrected chi connectivity index (χ3v) is 1.08. The summed E-state index contributed by atoms with van der Waals surface area (Å²) in [6.07, 6.45) is 0.740. The number of hydrogen-bond acceptors (Lipinski definition) is 1. The Bertz CT molecular complexity index is 74.5. The molecule has 1 fully saturated rings. The first-order chi connectivity index (χ1) is 3.71. The normalized spacial score (nSPS) is 27.8. The van der Waals surface area contributed by atoms with Crippen LogP contribution in [0.3, 0.4) is 0 Å². The van der Waals surface area contributed by atoms with Gasteiger partial charge in [-0.2, -0.15) is 0 Å². The fourth-order valence-electron chi connectivity index (χ4n) is 0.574. The van der Waals surface area contributed by atoms with E-state index in [0.717, 1.165) is 6.42 Å². The van der Waals surface area contributed by atoms with Crippen LogP contribution >= 0.6 is 0 Å². The van der Waals surface area contributed by atoms with Crippen molar-refractivity contribution in [1.82, 2.24) is 0 Å². The molecule has 1 rings (SSSR count). The smallest absolute Gasteiger partial charge is 0.255 e. The molecule has 47 valence electrons. The van der Waals surface area contributed by atoms with E-state index in [1.54, 1.807) is 0 Å². The van der Waals surface area contributed by atoms with E-state index in [2.05, 4.69) is 4.74 Å². The van der Waals surface area contributed by atoms with E-state index in [4.69, 9.17) is 0 Å². The first-order valence-corrected chi connectivity index (χ1v) is 2.51. The lowest BCUT2D eigenvalue weighted by molar-refractivity contribution is -0.0470. The molecule has 0 bridgehead atoms. The van der Waals surface area contributed by atoms with Gasteiger partial charge in [0.1, 0.15) is 0 Å². The van der Waals surface area contributed by atoms with Crippen LogP contribution in [-0.2, 0) is 4.74 Å². The zero-order valence-electron chi connectivity index (χ0n) is 4.36. The molecule has 0 aromatic carbocycles. The maximum atomic E-state index is 12.1. The highest BCUT2D eigenvalue weighted by molar-refractivity contribution is 4.86. The van der Waals surface area contributed by atoms with Crippen LogP contribution < -0.4 is 0 Å². The molecule has 1 saturated heterocycles. The van der Waals surface area contributed by atoms with Crippen LogP contribution in [0.1, 0.15) is 6.42 Å². The van der Waals surface area contributed by atoms with Crippen molar-refractivity contribution in [3.05, 3.63) is 6.42 Å². The lowest BCUT2D eigenvalue weighted by Gasteiger charge is -2.20. The van der Waals surface area contributed by atoms with E-state index >= 15 is 0 Å². The Kier molecular flexibility index (Phi) is 1.47. The highest BCUT2D eigenvalue weighted by atomic mass is 19.3. The van der Waals surface area contributed by atoms with Crippen molar-refractivity contribution >= 4 is 0 Å². The largest absolute Gasteiger partial charge is 0.381 e. The summed E-state index contributed by atoms with van der Waals surface area (Å²) in [7, 11) is 0. The van der Waals surface area contributed by atoms with E-state index in [-0.39, 0.29) is 19.6 Å². The minimum Gasteiger partial charge on any atom is -0.381 e. The summed E-state index contributed by atoms with van der Waals surface area (Å²) >= 11 is 0. The number of rotatable bonds is 0. The van der Waals surface area contributed by atoms with E-state index in [0.29, 0.717) is 0 Å². The molecule has 3 heteroatoms. The molecule has 0 aromatic rings. The Labute approximate surface area is 46.6 Å². The van der Waals surface area contributed by atoms with Crippen LogP contribution in [-0.4, -0.2) is 19.1 Å². The van der Waals surface area contributed by atoms with Gasteiger partial charge in [-0.25, -0.2) is 8.78 Å². The fourth-order valence-corrected chi connectivity index (χ4v) is 0.574. The van der Waals surface area contributed by atoms with Crippen molar-refractivity contribution in [2.24, 2.45) is 0 Å². The lowest BCUT2D eigenvalue weighted by atomic mass is 10.1. The van der Waals surface area contributed by atoms with Crippen LogP contribution in [0.5, 0.6) is 0 Å². The van der Waals surface area contributed by atoms with E-state index < -0.39 is 5.92 Å². The summed E-state index contributed by atoms with van der Waals surface area (Å²) in [5.41, 5.74) is 0. The number of halogens is 2. The summed E-state index contributed by atoms with van der Waals surface area (Å²) < 4.78 is 28.8. The van der Waals surface area contributed by atoms with E-state index in [9.17, 15) is 8.78 Å². The van der Waals surface area contributed by atoms with Crippen LogP contribution in [0.2, 0.25) is 0 Å². The molecule has 0 saturated carbocycles. The molecule has 1 radical (unpaired) electrons. The van der Waals surface area contributed by atoms with Gasteiger partial charge >= 0.3 is 0 Å². The van der Waals surface area contributed by atoms with Gasteiger partial charge in [0.05, 0.1) is 19.6 Å². The van der Waals surface area contributed by atoms with Gasteiger partial charge in [-0.15, -0.1) is 0 Å². The number of ether oxygens (including phenoxy) is 1. The van der Waals surface area contributed by atoms with Crippen molar-refractivity contribution < 1.29 is 13.5 Å². The molecule has 0 aromatic heterocycles. The van der Waals surface area contributed by atoms with Gasteiger partial charge in [0, 0.05) is 6.42 Å². The van der Waals surface area contributed by atoms with Gasteiger partial charge < -0.3 is 4.74 Å². The maximum absolute atomic E-state index is 12.1. The van der Waals surface area contributed by atoms with Crippen LogP contribution in [0.15, 0.2) is 0 Å². The molecule has 1 aliphatic heterocycles. The Morgan fingerprint density at radius 3 is 2.50 bits per heavy atom. The molecule has 1 aliphatic rings. The number of hydrogen-bond donors (Lipinski definition) is 0. The van der Waals surface area contributed by atoms with Crippen molar-refractivity contribution in [1.29, 1.82) is 0 Å². The summed E-state index contributed by atoms with van der Waals surface area (Å²) in [5.74, 6) is -2.57. The molecular weight excluding hydrogens is 114 g/mol. The molecule has 0 amide bonds. The SMILES string of the molecule is FC1(F)[CH]COCC1. The third kappa shape index (κ3) is 1.40. The molecule has 0 atom stereocenters. The molecule has 0 N–H and O–H groups in total. The van der Waals surface area contributed by atoms with Crippen molar-refractivity contribution in [3.63, 3.8) is 0 Å². The van der Waals surface area contributed by atoms with E-state index in [1.165, 1.54) is 0 Å². The van der Waals surface area contributed by atoms with Gasteiger partial charge in [0.15, 0.2) is 0 Å². The second-order valence-corrected chi connectivity index (χ2v) is 1.79. The van der Waals surface area contributed by atoms with Crippen LogP contribution in [0, 0.1) is 6.42 Å². The molecule has 1 nitrogen and oxygen atoms in total. The Morgan fingerprint density at radius 2 is 2.25 bits per heavy atom. The van der Waals surface area contributed by atoms with Gasteiger partial charge in [-0.1, -0.05) is 0 Å². The minimum atomic E-state index is -2.57.